The third-order valence-corrected chi connectivity index (χ3v) is 5.54. The van der Waals surface area contributed by atoms with E-state index in [9.17, 15) is 9.59 Å². The molecule has 4 rings (SSSR count). The predicted molar refractivity (Wildman–Crippen MR) is 99.5 cm³/mol. The minimum absolute atomic E-state index is 0.0162. The number of carbonyl (C=O) groups is 2. The third kappa shape index (κ3) is 3.06. The Labute approximate surface area is 153 Å². The number of benzene rings is 1. The van der Waals surface area contributed by atoms with Gasteiger partial charge in [0, 0.05) is 29.6 Å². The van der Waals surface area contributed by atoms with Gasteiger partial charge < -0.3 is 10.0 Å². The summed E-state index contributed by atoms with van der Waals surface area (Å²) in [6.45, 7) is 4.69. The molecule has 2 fully saturated rings. The number of fused-ring (bicyclic) bond motifs is 1. The van der Waals surface area contributed by atoms with Crippen LogP contribution in [0.1, 0.15) is 65.2 Å². The van der Waals surface area contributed by atoms with E-state index in [-0.39, 0.29) is 18.4 Å². The van der Waals surface area contributed by atoms with E-state index in [0.29, 0.717) is 18.0 Å². The molecule has 136 valence electrons. The second-order valence-electron chi connectivity index (χ2n) is 7.74. The Hall–Kier alpha value is -2.43. The summed E-state index contributed by atoms with van der Waals surface area (Å²) in [5.41, 5.74) is 4.77. The highest BCUT2D eigenvalue weighted by molar-refractivity contribution is 6.07. The van der Waals surface area contributed by atoms with Gasteiger partial charge in [-0.2, -0.15) is 0 Å². The molecule has 1 aliphatic carbocycles. The van der Waals surface area contributed by atoms with Gasteiger partial charge in [0.1, 0.15) is 0 Å². The fourth-order valence-electron chi connectivity index (χ4n) is 4.14. The van der Waals surface area contributed by atoms with Crippen LogP contribution in [0, 0.1) is 13.8 Å². The molecule has 26 heavy (non-hydrogen) atoms. The van der Waals surface area contributed by atoms with E-state index < -0.39 is 5.97 Å². The minimum atomic E-state index is -0.848. The molecule has 2 aliphatic rings. The largest absolute Gasteiger partial charge is 0.481 e. The van der Waals surface area contributed by atoms with Gasteiger partial charge in [0.25, 0.3) is 5.91 Å². The summed E-state index contributed by atoms with van der Waals surface area (Å²) in [6.07, 6.45) is 3.89. The van der Waals surface area contributed by atoms with Gasteiger partial charge in [-0.15, -0.1) is 0 Å². The zero-order valence-corrected chi connectivity index (χ0v) is 15.3. The summed E-state index contributed by atoms with van der Waals surface area (Å²) < 4.78 is 0. The van der Waals surface area contributed by atoms with Crippen molar-refractivity contribution in [3.63, 3.8) is 0 Å². The van der Waals surface area contributed by atoms with Gasteiger partial charge in [-0.1, -0.05) is 11.6 Å². The fraction of sp³-hybridized carbons (Fsp3) is 0.476. The number of pyridine rings is 1. The van der Waals surface area contributed by atoms with Gasteiger partial charge in [-0.05, 0) is 57.2 Å². The average molecular weight is 352 g/mol. The van der Waals surface area contributed by atoms with Gasteiger partial charge in [0.05, 0.1) is 17.5 Å². The smallest absolute Gasteiger partial charge is 0.305 e. The molecule has 1 N–H and O–H groups in total. The lowest BCUT2D eigenvalue weighted by Crippen LogP contribution is -2.37. The van der Waals surface area contributed by atoms with Gasteiger partial charge in [-0.3, -0.25) is 14.6 Å². The van der Waals surface area contributed by atoms with Crippen LogP contribution in [0.3, 0.4) is 0 Å². The van der Waals surface area contributed by atoms with E-state index in [2.05, 4.69) is 6.07 Å². The second-order valence-corrected chi connectivity index (χ2v) is 7.74. The predicted octanol–water partition coefficient (Wildman–Crippen LogP) is 3.81. The summed E-state index contributed by atoms with van der Waals surface area (Å²) in [5.74, 6) is -0.437. The molecule has 1 atom stereocenters. The van der Waals surface area contributed by atoms with E-state index in [1.165, 1.54) is 0 Å². The number of amides is 1. The van der Waals surface area contributed by atoms with Crippen molar-refractivity contribution in [3.05, 3.63) is 40.6 Å². The molecular formula is C21H24N2O3. The van der Waals surface area contributed by atoms with E-state index in [4.69, 9.17) is 10.1 Å². The second kappa shape index (κ2) is 6.38. The maximum absolute atomic E-state index is 13.4. The Balaban J connectivity index is 1.81. The number of nitrogens with zero attached hydrogens (tertiary/aromatic N) is 2. The first-order valence-corrected chi connectivity index (χ1v) is 9.38. The standard InChI is InChI=1S/C21H24N2O3/c1-12-8-13(2)20-16(9-12)17(11-18(22-20)14-5-6-14)21(26)23-7-3-4-15(23)10-19(24)25/h8-9,11,14-15H,3-7,10H2,1-2H3,(H,24,25). The van der Waals surface area contributed by atoms with Crippen molar-refractivity contribution in [1.29, 1.82) is 0 Å². The molecule has 1 unspecified atom stereocenters. The Morgan fingerprint density at radius 3 is 2.65 bits per heavy atom. The number of carbonyl (C=O) groups excluding carboxylic acids is 1. The van der Waals surface area contributed by atoms with Gasteiger partial charge >= 0.3 is 5.97 Å². The quantitative estimate of drug-likeness (QED) is 0.908. The van der Waals surface area contributed by atoms with E-state index in [1.807, 2.05) is 26.0 Å². The van der Waals surface area contributed by atoms with E-state index in [1.54, 1.807) is 4.90 Å². The van der Waals surface area contributed by atoms with Crippen LogP contribution in [-0.2, 0) is 4.79 Å². The highest BCUT2D eigenvalue weighted by Crippen LogP contribution is 2.41. The van der Waals surface area contributed by atoms with Crippen LogP contribution in [0.4, 0.5) is 0 Å². The first-order valence-electron chi connectivity index (χ1n) is 9.38. The molecule has 1 saturated heterocycles. The lowest BCUT2D eigenvalue weighted by Gasteiger charge is -2.24. The van der Waals surface area contributed by atoms with Crippen molar-refractivity contribution in [1.82, 2.24) is 9.88 Å². The molecule has 0 spiro atoms. The van der Waals surface area contributed by atoms with Crippen LogP contribution in [0.15, 0.2) is 18.2 Å². The number of aliphatic carboxylic acids is 1. The number of carboxylic acid groups (broad SMARTS) is 1. The van der Waals surface area contributed by atoms with Crippen LogP contribution in [0.5, 0.6) is 0 Å². The normalized spacial score (nSPS) is 19.9. The lowest BCUT2D eigenvalue weighted by atomic mass is 9.99. The molecule has 1 aromatic heterocycles. The first kappa shape index (κ1) is 17.0. The van der Waals surface area contributed by atoms with E-state index in [0.717, 1.165) is 53.4 Å². The van der Waals surface area contributed by atoms with Gasteiger partial charge in [0.15, 0.2) is 0 Å². The van der Waals surface area contributed by atoms with Crippen molar-refractivity contribution in [2.75, 3.05) is 6.54 Å². The SMILES string of the molecule is Cc1cc(C)c2nc(C3CC3)cc(C(=O)N3CCCC3CC(=O)O)c2c1. The van der Waals surface area contributed by atoms with Crippen LogP contribution in [0.2, 0.25) is 0 Å². The number of hydrogen-bond acceptors (Lipinski definition) is 3. The summed E-state index contributed by atoms with van der Waals surface area (Å²) in [5, 5.41) is 10.1. The van der Waals surface area contributed by atoms with Gasteiger partial charge in [0.2, 0.25) is 0 Å². The number of hydrogen-bond donors (Lipinski definition) is 1. The van der Waals surface area contributed by atoms with Crippen molar-refractivity contribution in [2.24, 2.45) is 0 Å². The zero-order chi connectivity index (χ0) is 18.4. The van der Waals surface area contributed by atoms with Crippen LogP contribution in [-0.4, -0.2) is 39.5 Å². The molecule has 1 aliphatic heterocycles. The van der Waals surface area contributed by atoms with Crippen LogP contribution >= 0.6 is 0 Å². The van der Waals surface area contributed by atoms with Gasteiger partial charge in [-0.25, -0.2) is 0 Å². The first-order chi connectivity index (χ1) is 12.4. The molecular weight excluding hydrogens is 328 g/mol. The average Bonchev–Trinajstić information content (AvgIpc) is 3.33. The maximum atomic E-state index is 13.4. The maximum Gasteiger partial charge on any atom is 0.305 e. The molecule has 0 bridgehead atoms. The summed E-state index contributed by atoms with van der Waals surface area (Å²) in [7, 11) is 0. The van der Waals surface area contributed by atoms with E-state index >= 15 is 0 Å². The number of aromatic nitrogens is 1. The monoisotopic (exact) mass is 352 g/mol. The zero-order valence-electron chi connectivity index (χ0n) is 15.3. The topological polar surface area (TPSA) is 70.5 Å². The Morgan fingerprint density at radius 1 is 1.19 bits per heavy atom. The molecule has 2 aromatic rings. The fourth-order valence-corrected chi connectivity index (χ4v) is 4.14. The Bertz CT molecular complexity index is 902. The number of carboxylic acids is 1. The van der Waals surface area contributed by atoms with Crippen LogP contribution < -0.4 is 0 Å². The molecule has 0 radical (unpaired) electrons. The summed E-state index contributed by atoms with van der Waals surface area (Å²) >= 11 is 0. The van der Waals surface area contributed by atoms with Crippen molar-refractivity contribution in [3.8, 4) is 0 Å². The van der Waals surface area contributed by atoms with Crippen molar-refractivity contribution in [2.45, 2.75) is 57.9 Å². The number of likely N-dealkylation sites (tertiary alicyclic amines) is 1. The molecule has 5 heteroatoms. The minimum Gasteiger partial charge on any atom is -0.481 e. The summed E-state index contributed by atoms with van der Waals surface area (Å²) in [6, 6.07) is 5.88. The Morgan fingerprint density at radius 2 is 1.96 bits per heavy atom. The highest BCUT2D eigenvalue weighted by atomic mass is 16.4. The number of rotatable bonds is 4. The van der Waals surface area contributed by atoms with Crippen molar-refractivity contribution < 1.29 is 14.7 Å². The third-order valence-electron chi connectivity index (χ3n) is 5.54. The molecule has 2 heterocycles. The molecule has 1 amide bonds. The summed E-state index contributed by atoms with van der Waals surface area (Å²) in [4.78, 5) is 31.2. The molecule has 1 aromatic carbocycles. The van der Waals surface area contributed by atoms with Crippen molar-refractivity contribution >= 4 is 22.8 Å². The number of aryl methyl sites for hydroxylation is 2. The highest BCUT2D eigenvalue weighted by Gasteiger charge is 2.33. The molecule has 1 saturated carbocycles. The molecule has 5 nitrogen and oxygen atoms in total. The Kier molecular flexibility index (Phi) is 4.17. The van der Waals surface area contributed by atoms with Crippen LogP contribution in [0.25, 0.3) is 10.9 Å². The lowest BCUT2D eigenvalue weighted by molar-refractivity contribution is -0.137.